The summed E-state index contributed by atoms with van der Waals surface area (Å²) in [5.41, 5.74) is 0. The van der Waals surface area contributed by atoms with Gasteiger partial charge in [-0.05, 0) is 12.8 Å². The van der Waals surface area contributed by atoms with Gasteiger partial charge in [0.25, 0.3) is 0 Å². The first-order valence-electron chi connectivity index (χ1n) is 3.54. The number of hydrogen-bond donors (Lipinski definition) is 1. The van der Waals surface area contributed by atoms with Gasteiger partial charge in [-0.3, -0.25) is 0 Å². The summed E-state index contributed by atoms with van der Waals surface area (Å²) in [5.74, 6) is 0. The highest BCUT2D eigenvalue weighted by molar-refractivity contribution is 9.09. The Balaban J connectivity index is 3.43. The van der Waals surface area contributed by atoms with Crippen molar-refractivity contribution in [1.29, 1.82) is 0 Å². The van der Waals surface area contributed by atoms with Gasteiger partial charge >= 0.3 is 0 Å². The smallest absolute Gasteiger partial charge is 0.208 e. The molecule has 0 fully saturated rings. The minimum Gasteiger partial charge on any atom is -0.215 e. The van der Waals surface area contributed by atoms with Crippen LogP contribution >= 0.6 is 15.9 Å². The fourth-order valence-corrected chi connectivity index (χ4v) is 1.32. The van der Waals surface area contributed by atoms with Gasteiger partial charge in [-0.2, -0.15) is 0 Å². The summed E-state index contributed by atoms with van der Waals surface area (Å²) in [5, 5.41) is 0. The van der Waals surface area contributed by atoms with Crippen LogP contribution in [0.4, 0.5) is 0 Å². The molecule has 5 heteroatoms. The Bertz CT molecular complexity index is 191. The van der Waals surface area contributed by atoms with Crippen molar-refractivity contribution < 1.29 is 8.42 Å². The number of alkyl halides is 1. The third-order valence-corrected chi connectivity index (χ3v) is 3.10. The molecular weight excluding hydrogens is 230 g/mol. The van der Waals surface area contributed by atoms with Crippen LogP contribution in [-0.4, -0.2) is 26.0 Å². The van der Waals surface area contributed by atoms with E-state index in [4.69, 9.17) is 0 Å². The monoisotopic (exact) mass is 243 g/mol. The average molecular weight is 244 g/mol. The van der Waals surface area contributed by atoms with Crippen molar-refractivity contribution in [2.75, 3.05) is 12.8 Å². The van der Waals surface area contributed by atoms with E-state index in [0.717, 1.165) is 12.8 Å². The molecule has 1 N–H and O–H groups in total. The Morgan fingerprint density at radius 1 is 1.55 bits per heavy atom. The Hall–Kier alpha value is 0.390. The number of nitrogens with one attached hydrogen (secondary N) is 1. The molecule has 1 unspecified atom stereocenters. The normalized spacial score (nSPS) is 14.8. The summed E-state index contributed by atoms with van der Waals surface area (Å²) in [7, 11) is -3.00. The topological polar surface area (TPSA) is 46.2 Å². The summed E-state index contributed by atoms with van der Waals surface area (Å²) >= 11 is 3.41. The molecule has 0 aliphatic rings. The van der Waals surface area contributed by atoms with E-state index >= 15 is 0 Å². The zero-order chi connectivity index (χ0) is 8.91. The van der Waals surface area contributed by atoms with E-state index in [9.17, 15) is 8.42 Å². The van der Waals surface area contributed by atoms with E-state index in [2.05, 4.69) is 27.6 Å². The molecule has 0 aromatic rings. The van der Waals surface area contributed by atoms with Gasteiger partial charge in [0, 0.05) is 11.4 Å². The standard InChI is InChI=1S/C6H14BrNO2S/c1-3-6(7)4-5-8-11(2,9)10/h6,8H,3-5H2,1-2H3. The van der Waals surface area contributed by atoms with Crippen molar-refractivity contribution in [3.8, 4) is 0 Å². The van der Waals surface area contributed by atoms with Gasteiger partial charge in [0.15, 0.2) is 0 Å². The molecule has 68 valence electrons. The van der Waals surface area contributed by atoms with E-state index in [1.165, 1.54) is 6.26 Å². The van der Waals surface area contributed by atoms with Gasteiger partial charge in [0.05, 0.1) is 6.26 Å². The lowest BCUT2D eigenvalue weighted by Gasteiger charge is -2.05. The van der Waals surface area contributed by atoms with E-state index < -0.39 is 10.0 Å². The van der Waals surface area contributed by atoms with Crippen LogP contribution in [-0.2, 0) is 10.0 Å². The van der Waals surface area contributed by atoms with E-state index in [0.29, 0.717) is 11.4 Å². The first kappa shape index (κ1) is 11.4. The lowest BCUT2D eigenvalue weighted by Crippen LogP contribution is -2.24. The molecule has 1 atom stereocenters. The maximum atomic E-state index is 10.6. The van der Waals surface area contributed by atoms with Gasteiger partial charge in [-0.25, -0.2) is 13.1 Å². The second kappa shape index (κ2) is 5.11. The van der Waals surface area contributed by atoms with E-state index in [1.807, 2.05) is 0 Å². The molecule has 0 rings (SSSR count). The summed E-state index contributed by atoms with van der Waals surface area (Å²) in [6.07, 6.45) is 3.02. The third kappa shape index (κ3) is 8.29. The van der Waals surface area contributed by atoms with Gasteiger partial charge in [0.2, 0.25) is 10.0 Å². The number of rotatable bonds is 5. The van der Waals surface area contributed by atoms with E-state index in [1.54, 1.807) is 0 Å². The molecule has 0 saturated heterocycles. The second-order valence-electron chi connectivity index (χ2n) is 2.46. The first-order chi connectivity index (χ1) is 4.95. The molecule has 0 aromatic heterocycles. The van der Waals surface area contributed by atoms with Crippen molar-refractivity contribution in [3.05, 3.63) is 0 Å². The lowest BCUT2D eigenvalue weighted by atomic mass is 10.2. The molecule has 0 aliphatic heterocycles. The van der Waals surface area contributed by atoms with Crippen molar-refractivity contribution in [2.45, 2.75) is 24.6 Å². The van der Waals surface area contributed by atoms with Crippen LogP contribution in [0.5, 0.6) is 0 Å². The number of halogens is 1. The number of hydrogen-bond acceptors (Lipinski definition) is 2. The van der Waals surface area contributed by atoms with Crippen LogP contribution in [0.1, 0.15) is 19.8 Å². The molecule has 0 amide bonds. The van der Waals surface area contributed by atoms with Crippen LogP contribution in [0.2, 0.25) is 0 Å². The largest absolute Gasteiger partial charge is 0.215 e. The van der Waals surface area contributed by atoms with Gasteiger partial charge in [-0.1, -0.05) is 22.9 Å². The van der Waals surface area contributed by atoms with Gasteiger partial charge in [0.1, 0.15) is 0 Å². The SMILES string of the molecule is CCC(Br)CCNS(C)(=O)=O. The highest BCUT2D eigenvalue weighted by Crippen LogP contribution is 2.07. The van der Waals surface area contributed by atoms with Crippen molar-refractivity contribution in [3.63, 3.8) is 0 Å². The second-order valence-corrected chi connectivity index (χ2v) is 5.59. The lowest BCUT2D eigenvalue weighted by molar-refractivity contribution is 0.583. The fraction of sp³-hybridized carbons (Fsp3) is 1.00. The van der Waals surface area contributed by atoms with Crippen molar-refractivity contribution in [2.24, 2.45) is 0 Å². The maximum Gasteiger partial charge on any atom is 0.208 e. The summed E-state index contributed by atoms with van der Waals surface area (Å²) in [6.45, 7) is 2.57. The van der Waals surface area contributed by atoms with Crippen molar-refractivity contribution >= 4 is 26.0 Å². The molecule has 0 bridgehead atoms. The molecule has 0 aromatic carbocycles. The fourth-order valence-electron chi connectivity index (χ4n) is 0.605. The average Bonchev–Trinajstić information content (AvgIpc) is 1.85. The predicted molar refractivity (Wildman–Crippen MR) is 50.5 cm³/mol. The zero-order valence-corrected chi connectivity index (χ0v) is 9.20. The minimum atomic E-state index is -3.00. The molecular formula is C6H14BrNO2S. The zero-order valence-electron chi connectivity index (χ0n) is 6.80. The Labute approximate surface area is 76.7 Å². The Kier molecular flexibility index (Phi) is 5.29. The first-order valence-corrected chi connectivity index (χ1v) is 6.35. The number of sulfonamides is 1. The molecule has 11 heavy (non-hydrogen) atoms. The minimum absolute atomic E-state index is 0.414. The molecule has 3 nitrogen and oxygen atoms in total. The molecule has 0 spiro atoms. The van der Waals surface area contributed by atoms with Crippen LogP contribution in [0.25, 0.3) is 0 Å². The highest BCUT2D eigenvalue weighted by atomic mass is 79.9. The van der Waals surface area contributed by atoms with Crippen LogP contribution in [0, 0.1) is 0 Å². The van der Waals surface area contributed by atoms with E-state index in [-0.39, 0.29) is 0 Å². The summed E-state index contributed by atoms with van der Waals surface area (Å²) < 4.78 is 23.6. The van der Waals surface area contributed by atoms with Gasteiger partial charge in [-0.15, -0.1) is 0 Å². The molecule has 0 heterocycles. The maximum absolute atomic E-state index is 10.6. The van der Waals surface area contributed by atoms with Crippen LogP contribution < -0.4 is 4.72 Å². The quantitative estimate of drug-likeness (QED) is 0.736. The van der Waals surface area contributed by atoms with Crippen LogP contribution in [0.15, 0.2) is 0 Å². The Morgan fingerprint density at radius 2 is 2.09 bits per heavy atom. The Morgan fingerprint density at radius 3 is 2.45 bits per heavy atom. The van der Waals surface area contributed by atoms with Crippen molar-refractivity contribution in [1.82, 2.24) is 4.72 Å². The molecule has 0 radical (unpaired) electrons. The van der Waals surface area contributed by atoms with Crippen LogP contribution in [0.3, 0.4) is 0 Å². The summed E-state index contributed by atoms with van der Waals surface area (Å²) in [4.78, 5) is 0.414. The molecule has 0 saturated carbocycles. The third-order valence-electron chi connectivity index (χ3n) is 1.26. The molecule has 0 aliphatic carbocycles. The highest BCUT2D eigenvalue weighted by Gasteiger charge is 2.03. The predicted octanol–water partition coefficient (Wildman–Crippen LogP) is 1.10. The summed E-state index contributed by atoms with van der Waals surface area (Å²) in [6, 6.07) is 0. The van der Waals surface area contributed by atoms with Gasteiger partial charge < -0.3 is 0 Å².